The van der Waals surface area contributed by atoms with Crippen LogP contribution in [0.1, 0.15) is 43.6 Å². The van der Waals surface area contributed by atoms with E-state index in [1.54, 1.807) is 0 Å². The van der Waals surface area contributed by atoms with Crippen molar-refractivity contribution in [3.63, 3.8) is 0 Å². The number of thiophene rings is 1. The Hall–Kier alpha value is -0.870. The van der Waals surface area contributed by atoms with Crippen molar-refractivity contribution >= 4 is 22.9 Å². The zero-order chi connectivity index (χ0) is 17.8. The van der Waals surface area contributed by atoms with Gasteiger partial charge in [-0.3, -0.25) is 0 Å². The first-order valence-corrected chi connectivity index (χ1v) is 10.5. The minimum Gasteiger partial charge on any atom is -0.376 e. The molecule has 1 aromatic carbocycles. The highest BCUT2D eigenvalue weighted by molar-refractivity contribution is 7.09. The number of hydrogen-bond acceptors (Lipinski definition) is 2. The highest BCUT2D eigenvalue weighted by Gasteiger charge is 2.41. The zero-order valence-corrected chi connectivity index (χ0v) is 16.8. The Bertz CT molecular complexity index is 670. The first-order valence-electron chi connectivity index (χ1n) is 9.20. The van der Waals surface area contributed by atoms with Gasteiger partial charge in [-0.05, 0) is 61.6 Å². The van der Waals surface area contributed by atoms with Crippen LogP contribution in [-0.4, -0.2) is 18.8 Å². The van der Waals surface area contributed by atoms with Gasteiger partial charge in [-0.2, -0.15) is 0 Å². The highest BCUT2D eigenvalue weighted by Crippen LogP contribution is 2.44. The second kappa shape index (κ2) is 8.22. The lowest BCUT2D eigenvalue weighted by atomic mass is 9.68. The zero-order valence-electron chi connectivity index (χ0n) is 15.3. The largest absolute Gasteiger partial charge is 0.376 e. The molecular weight excluding hydrogens is 350 g/mol. The molecule has 0 radical (unpaired) electrons. The molecule has 1 aliphatic heterocycles. The van der Waals surface area contributed by atoms with Crippen molar-refractivity contribution in [2.24, 2.45) is 5.41 Å². The molecule has 2 nitrogen and oxygen atoms in total. The van der Waals surface area contributed by atoms with E-state index in [1.165, 1.54) is 16.9 Å². The van der Waals surface area contributed by atoms with E-state index < -0.39 is 0 Å². The van der Waals surface area contributed by atoms with Crippen LogP contribution >= 0.6 is 22.9 Å². The predicted octanol–water partition coefficient (Wildman–Crippen LogP) is 4.67. The van der Waals surface area contributed by atoms with Crippen LogP contribution in [-0.2, 0) is 17.7 Å². The molecule has 3 rings (SSSR count). The Morgan fingerprint density at radius 2 is 2.04 bits per heavy atom. The first-order chi connectivity index (χ1) is 12.0. The van der Waals surface area contributed by atoms with Crippen LogP contribution < -0.4 is 5.32 Å². The van der Waals surface area contributed by atoms with Crippen LogP contribution in [0.5, 0.6) is 0 Å². The Kier molecular flexibility index (Phi) is 6.21. The van der Waals surface area contributed by atoms with Crippen LogP contribution in [0.4, 0.5) is 0 Å². The smallest absolute Gasteiger partial charge is 0.111 e. The van der Waals surface area contributed by atoms with Gasteiger partial charge in [0, 0.05) is 18.1 Å². The third-order valence-corrected chi connectivity index (χ3v) is 6.52. The van der Waals surface area contributed by atoms with Gasteiger partial charge in [-0.15, -0.1) is 11.3 Å². The van der Waals surface area contributed by atoms with Gasteiger partial charge in [0.1, 0.15) is 6.54 Å². The summed E-state index contributed by atoms with van der Waals surface area (Å²) in [6.07, 6.45) is 4.47. The number of halogens is 1. The van der Waals surface area contributed by atoms with Gasteiger partial charge < -0.3 is 10.1 Å². The highest BCUT2D eigenvalue weighted by atomic mass is 35.5. The minimum absolute atomic E-state index is 0.0484. The third-order valence-electron chi connectivity index (χ3n) is 5.25. The molecule has 2 heterocycles. The lowest BCUT2D eigenvalue weighted by Crippen LogP contribution is -2.83. The Morgan fingerprint density at radius 1 is 1.20 bits per heavy atom. The fourth-order valence-electron chi connectivity index (χ4n) is 4.17. The van der Waals surface area contributed by atoms with E-state index in [1.807, 2.05) is 23.5 Å². The molecule has 0 spiro atoms. The topological polar surface area (TPSA) is 25.8 Å². The summed E-state index contributed by atoms with van der Waals surface area (Å²) in [6, 6.07) is 12.7. The second-order valence-electron chi connectivity index (χ2n) is 7.91. The average Bonchev–Trinajstić information content (AvgIpc) is 3.06. The molecule has 2 N–H and O–H groups in total. The van der Waals surface area contributed by atoms with Crippen molar-refractivity contribution in [1.29, 1.82) is 0 Å². The molecule has 4 heteroatoms. The van der Waals surface area contributed by atoms with E-state index >= 15 is 0 Å². The van der Waals surface area contributed by atoms with Gasteiger partial charge in [0.05, 0.1) is 17.0 Å². The molecule has 0 bridgehead atoms. The van der Waals surface area contributed by atoms with Crippen LogP contribution in [0.15, 0.2) is 41.8 Å². The summed E-state index contributed by atoms with van der Waals surface area (Å²) in [5.41, 5.74) is 1.51. The van der Waals surface area contributed by atoms with Gasteiger partial charge >= 0.3 is 0 Å². The molecule has 0 aliphatic carbocycles. The van der Waals surface area contributed by atoms with Crippen molar-refractivity contribution in [2.75, 3.05) is 13.2 Å². The summed E-state index contributed by atoms with van der Waals surface area (Å²) in [6.45, 7) is 7.53. The van der Waals surface area contributed by atoms with E-state index in [9.17, 15) is 0 Å². The van der Waals surface area contributed by atoms with E-state index in [2.05, 4.69) is 48.8 Å². The number of hydrogen-bond donors (Lipinski definition) is 1. The lowest BCUT2D eigenvalue weighted by molar-refractivity contribution is -0.672. The minimum atomic E-state index is -0.0484. The van der Waals surface area contributed by atoms with Crippen LogP contribution in [0.2, 0.25) is 5.02 Å². The molecule has 1 fully saturated rings. The van der Waals surface area contributed by atoms with Crippen LogP contribution in [0.25, 0.3) is 0 Å². The second-order valence-corrected chi connectivity index (χ2v) is 9.35. The van der Waals surface area contributed by atoms with Crippen molar-refractivity contribution in [3.05, 3.63) is 57.2 Å². The first kappa shape index (κ1) is 18.9. The maximum atomic E-state index is 6.47. The Labute approximate surface area is 160 Å². The molecule has 1 saturated heterocycles. The third kappa shape index (κ3) is 5.30. The molecule has 1 atom stereocenters. The van der Waals surface area contributed by atoms with Crippen molar-refractivity contribution in [1.82, 2.24) is 0 Å². The average molecular weight is 379 g/mol. The fraction of sp³-hybridized carbons (Fsp3) is 0.524. The Morgan fingerprint density at radius 3 is 2.76 bits per heavy atom. The van der Waals surface area contributed by atoms with Gasteiger partial charge in [0.25, 0.3) is 0 Å². The molecule has 0 unspecified atom stereocenters. The number of benzene rings is 1. The maximum Gasteiger partial charge on any atom is 0.111 e. The monoisotopic (exact) mass is 378 g/mol. The van der Waals surface area contributed by atoms with Gasteiger partial charge in [-0.25, -0.2) is 0 Å². The van der Waals surface area contributed by atoms with Gasteiger partial charge in [0.15, 0.2) is 0 Å². The normalized spacial score (nSPS) is 22.8. The van der Waals surface area contributed by atoms with Crippen molar-refractivity contribution in [3.8, 4) is 0 Å². The molecule has 25 heavy (non-hydrogen) atoms. The molecule has 1 aromatic heterocycles. The number of ether oxygens (including phenoxy) is 1. The molecule has 0 saturated carbocycles. The molecule has 136 valence electrons. The maximum absolute atomic E-state index is 6.47. The van der Waals surface area contributed by atoms with E-state index in [0.717, 1.165) is 44.0 Å². The van der Waals surface area contributed by atoms with E-state index in [-0.39, 0.29) is 11.0 Å². The summed E-state index contributed by atoms with van der Waals surface area (Å²) >= 11 is 8.31. The van der Waals surface area contributed by atoms with Crippen molar-refractivity contribution < 1.29 is 10.1 Å². The quantitative estimate of drug-likeness (QED) is 0.696. The van der Waals surface area contributed by atoms with Crippen LogP contribution in [0, 0.1) is 5.41 Å². The van der Waals surface area contributed by atoms with Crippen LogP contribution in [0.3, 0.4) is 0 Å². The summed E-state index contributed by atoms with van der Waals surface area (Å²) in [5.74, 6) is 0. The van der Waals surface area contributed by atoms with Gasteiger partial charge in [-0.1, -0.05) is 35.9 Å². The molecule has 2 aromatic rings. The van der Waals surface area contributed by atoms with Gasteiger partial charge in [0.2, 0.25) is 0 Å². The predicted molar refractivity (Wildman–Crippen MR) is 106 cm³/mol. The summed E-state index contributed by atoms with van der Waals surface area (Å²) in [4.78, 5) is 1.45. The van der Waals surface area contributed by atoms with E-state index in [0.29, 0.717) is 0 Å². The number of nitrogens with two attached hydrogens (primary N) is 1. The standard InChI is InChI=1S/C21H28ClNOS/c1-20(2)16-21(10-12-24-20,14-17-6-3-4-8-19(17)22)9-11-23-15-18-7-5-13-25-18/h3-8,13,23H,9-12,14-16H2,1-2H3/p+1/t21-/m0/s1. The molecular formula is C21H29ClNOS+. The SMILES string of the molecule is CC1(C)C[C@](CC[NH2+]Cc2cccs2)(Cc2ccccc2Cl)CCO1. The lowest BCUT2D eigenvalue weighted by Gasteiger charge is -2.45. The summed E-state index contributed by atoms with van der Waals surface area (Å²) < 4.78 is 6.01. The summed E-state index contributed by atoms with van der Waals surface area (Å²) in [5, 5.41) is 5.50. The summed E-state index contributed by atoms with van der Waals surface area (Å²) in [7, 11) is 0. The molecule has 1 aliphatic rings. The fourth-order valence-corrected chi connectivity index (χ4v) is 5.07. The number of quaternary nitrogens is 1. The number of rotatable bonds is 7. The van der Waals surface area contributed by atoms with E-state index in [4.69, 9.17) is 16.3 Å². The Balaban J connectivity index is 1.67. The molecule has 0 amide bonds. The van der Waals surface area contributed by atoms with Crippen molar-refractivity contribution in [2.45, 2.75) is 51.7 Å².